The van der Waals surface area contributed by atoms with Crippen LogP contribution >= 0.6 is 0 Å². The van der Waals surface area contributed by atoms with Gasteiger partial charge in [0.05, 0.1) is 11.0 Å². The molecule has 0 heterocycles. The van der Waals surface area contributed by atoms with Gasteiger partial charge >= 0.3 is 0 Å². The van der Waals surface area contributed by atoms with E-state index >= 15 is 0 Å². The highest BCUT2D eigenvalue weighted by Gasteiger charge is 2.12. The molecule has 1 rings (SSSR count). The molecular weight excluding hydrogens is 219 g/mol. The molecule has 0 saturated heterocycles. The summed E-state index contributed by atoms with van der Waals surface area (Å²) in [6, 6.07) is 3.01. The van der Waals surface area contributed by atoms with Crippen molar-refractivity contribution in [1.29, 1.82) is 0 Å². The van der Waals surface area contributed by atoms with Gasteiger partial charge in [-0.05, 0) is 6.07 Å². The highest BCUT2D eigenvalue weighted by molar-refractivity contribution is 5.37. The SMILES string of the molecule is NCC(O)COc1ccc([N+](=O)[O-])cc1F. The first-order valence-electron chi connectivity index (χ1n) is 4.49. The van der Waals surface area contributed by atoms with Crippen LogP contribution in [0.25, 0.3) is 0 Å². The minimum absolute atomic E-state index is 0.00536. The summed E-state index contributed by atoms with van der Waals surface area (Å²) >= 11 is 0. The van der Waals surface area contributed by atoms with Crippen molar-refractivity contribution in [2.45, 2.75) is 6.10 Å². The van der Waals surface area contributed by atoms with E-state index in [1.165, 1.54) is 0 Å². The van der Waals surface area contributed by atoms with E-state index in [1.54, 1.807) is 0 Å². The van der Waals surface area contributed by atoms with Gasteiger partial charge in [-0.3, -0.25) is 10.1 Å². The van der Waals surface area contributed by atoms with Gasteiger partial charge in [0.1, 0.15) is 12.7 Å². The third-order valence-corrected chi connectivity index (χ3v) is 1.83. The monoisotopic (exact) mass is 230 g/mol. The molecule has 1 atom stereocenters. The Morgan fingerprint density at radius 3 is 2.81 bits per heavy atom. The maximum Gasteiger partial charge on any atom is 0.272 e. The number of hydrogen-bond acceptors (Lipinski definition) is 5. The van der Waals surface area contributed by atoms with Gasteiger partial charge in [-0.25, -0.2) is 4.39 Å². The Kier molecular flexibility index (Phi) is 4.15. The molecule has 6 nitrogen and oxygen atoms in total. The lowest BCUT2D eigenvalue weighted by atomic mass is 10.3. The Balaban J connectivity index is 2.72. The molecule has 0 bridgehead atoms. The quantitative estimate of drug-likeness (QED) is 0.564. The summed E-state index contributed by atoms with van der Waals surface area (Å²) in [4.78, 5) is 9.61. The molecule has 0 amide bonds. The molecule has 0 aromatic heterocycles. The first kappa shape index (κ1) is 12.3. The van der Waals surface area contributed by atoms with Gasteiger partial charge in [0.15, 0.2) is 11.6 Å². The maximum absolute atomic E-state index is 13.2. The summed E-state index contributed by atoms with van der Waals surface area (Å²) in [6.45, 7) is -0.167. The minimum atomic E-state index is -0.894. The second kappa shape index (κ2) is 5.38. The number of halogens is 1. The number of nitrogens with zero attached hydrogens (tertiary/aromatic N) is 1. The van der Waals surface area contributed by atoms with Gasteiger partial charge in [-0.1, -0.05) is 0 Å². The second-order valence-electron chi connectivity index (χ2n) is 3.07. The molecule has 1 unspecified atom stereocenters. The molecule has 0 spiro atoms. The van der Waals surface area contributed by atoms with Gasteiger partial charge in [0, 0.05) is 12.6 Å². The predicted octanol–water partition coefficient (Wildman–Crippen LogP) is 0.432. The number of nitrogens with two attached hydrogens (primary N) is 1. The van der Waals surface area contributed by atoms with Crippen LogP contribution in [-0.2, 0) is 0 Å². The number of non-ortho nitro benzene ring substituents is 1. The molecule has 16 heavy (non-hydrogen) atoms. The van der Waals surface area contributed by atoms with Gasteiger partial charge in [0.2, 0.25) is 0 Å². The number of aliphatic hydroxyl groups is 1. The average Bonchev–Trinajstić information content (AvgIpc) is 2.26. The van der Waals surface area contributed by atoms with E-state index in [9.17, 15) is 14.5 Å². The van der Waals surface area contributed by atoms with E-state index in [0.717, 1.165) is 18.2 Å². The van der Waals surface area contributed by atoms with E-state index in [-0.39, 0.29) is 24.6 Å². The van der Waals surface area contributed by atoms with E-state index in [1.807, 2.05) is 0 Å². The summed E-state index contributed by atoms with van der Waals surface area (Å²) in [7, 11) is 0. The first-order valence-corrected chi connectivity index (χ1v) is 4.49. The Morgan fingerprint density at radius 1 is 1.62 bits per heavy atom. The number of hydrogen-bond donors (Lipinski definition) is 2. The lowest BCUT2D eigenvalue weighted by molar-refractivity contribution is -0.385. The maximum atomic E-state index is 13.2. The largest absolute Gasteiger partial charge is 0.488 e. The van der Waals surface area contributed by atoms with Crippen LogP contribution in [0.1, 0.15) is 0 Å². The molecule has 1 aromatic rings. The van der Waals surface area contributed by atoms with Crippen LogP contribution in [-0.4, -0.2) is 29.3 Å². The highest BCUT2D eigenvalue weighted by Crippen LogP contribution is 2.22. The number of rotatable bonds is 5. The van der Waals surface area contributed by atoms with Crippen molar-refractivity contribution >= 4 is 5.69 Å². The predicted molar refractivity (Wildman–Crippen MR) is 53.6 cm³/mol. The van der Waals surface area contributed by atoms with E-state index < -0.39 is 16.8 Å². The Hall–Kier alpha value is -1.73. The van der Waals surface area contributed by atoms with Crippen LogP contribution in [0.3, 0.4) is 0 Å². The summed E-state index contributed by atoms with van der Waals surface area (Å²) in [5, 5.41) is 19.4. The molecular formula is C9H11FN2O4. The summed E-state index contributed by atoms with van der Waals surface area (Å²) in [6.07, 6.45) is -0.894. The molecule has 0 aliphatic carbocycles. The van der Waals surface area contributed by atoms with Gasteiger partial charge < -0.3 is 15.6 Å². The molecule has 0 fully saturated rings. The standard InChI is InChI=1S/C9H11FN2O4/c10-8-3-6(12(14)15)1-2-9(8)16-5-7(13)4-11/h1-3,7,13H,4-5,11H2. The first-order chi connectivity index (χ1) is 7.54. The zero-order valence-electron chi connectivity index (χ0n) is 8.30. The lowest BCUT2D eigenvalue weighted by Gasteiger charge is -2.10. The summed E-state index contributed by atoms with van der Waals surface area (Å²) in [5.74, 6) is -1.00. The van der Waals surface area contributed by atoms with Crippen molar-refractivity contribution in [3.8, 4) is 5.75 Å². The fourth-order valence-electron chi connectivity index (χ4n) is 0.974. The fraction of sp³-hybridized carbons (Fsp3) is 0.333. The zero-order valence-corrected chi connectivity index (χ0v) is 8.30. The second-order valence-corrected chi connectivity index (χ2v) is 3.07. The van der Waals surface area contributed by atoms with Crippen molar-refractivity contribution in [1.82, 2.24) is 0 Å². The minimum Gasteiger partial charge on any atom is -0.488 e. The van der Waals surface area contributed by atoms with E-state index in [0.29, 0.717) is 0 Å². The van der Waals surface area contributed by atoms with Crippen molar-refractivity contribution < 1.29 is 19.2 Å². The topological polar surface area (TPSA) is 98.6 Å². The zero-order chi connectivity index (χ0) is 12.1. The third kappa shape index (κ3) is 3.14. The van der Waals surface area contributed by atoms with E-state index in [2.05, 4.69) is 0 Å². The van der Waals surface area contributed by atoms with Crippen LogP contribution in [0.4, 0.5) is 10.1 Å². The Labute approximate surface area is 90.6 Å². The fourth-order valence-corrected chi connectivity index (χ4v) is 0.974. The summed E-state index contributed by atoms with van der Waals surface area (Å²) < 4.78 is 18.1. The molecule has 0 aliphatic rings. The van der Waals surface area contributed by atoms with Gasteiger partial charge in [-0.15, -0.1) is 0 Å². The third-order valence-electron chi connectivity index (χ3n) is 1.83. The van der Waals surface area contributed by atoms with Crippen molar-refractivity contribution in [2.75, 3.05) is 13.2 Å². The lowest BCUT2D eigenvalue weighted by Crippen LogP contribution is -2.26. The van der Waals surface area contributed by atoms with E-state index in [4.69, 9.17) is 15.6 Å². The number of nitro benzene ring substituents is 1. The van der Waals surface area contributed by atoms with Gasteiger partial charge in [-0.2, -0.15) is 0 Å². The van der Waals surface area contributed by atoms with Crippen molar-refractivity contribution in [2.24, 2.45) is 5.73 Å². The van der Waals surface area contributed by atoms with Crippen molar-refractivity contribution in [3.63, 3.8) is 0 Å². The van der Waals surface area contributed by atoms with Crippen LogP contribution in [0.5, 0.6) is 5.75 Å². The highest BCUT2D eigenvalue weighted by atomic mass is 19.1. The number of aliphatic hydroxyl groups excluding tert-OH is 1. The molecule has 88 valence electrons. The van der Waals surface area contributed by atoms with Crippen molar-refractivity contribution in [3.05, 3.63) is 34.1 Å². The van der Waals surface area contributed by atoms with Gasteiger partial charge in [0.25, 0.3) is 5.69 Å². The molecule has 0 aliphatic heterocycles. The number of nitro groups is 1. The van der Waals surface area contributed by atoms with Crippen LogP contribution in [0.15, 0.2) is 18.2 Å². The molecule has 1 aromatic carbocycles. The molecule has 0 saturated carbocycles. The van der Waals surface area contributed by atoms with Crippen LogP contribution in [0.2, 0.25) is 0 Å². The smallest absolute Gasteiger partial charge is 0.272 e. The normalized spacial score (nSPS) is 12.2. The molecule has 3 N–H and O–H groups in total. The van der Waals surface area contributed by atoms with Crippen LogP contribution in [0, 0.1) is 15.9 Å². The summed E-state index contributed by atoms with van der Waals surface area (Å²) in [5.41, 5.74) is 4.77. The average molecular weight is 230 g/mol. The Morgan fingerprint density at radius 2 is 2.31 bits per heavy atom. The number of benzene rings is 1. The number of ether oxygens (including phenoxy) is 1. The van der Waals surface area contributed by atoms with Crippen LogP contribution < -0.4 is 10.5 Å². The Bertz CT molecular complexity index is 386. The molecule has 0 radical (unpaired) electrons. The molecule has 7 heteroatoms.